The first-order valence-electron chi connectivity index (χ1n) is 16.8. The molecule has 3 aromatic rings. The van der Waals surface area contributed by atoms with Gasteiger partial charge in [-0.1, -0.05) is 31.5 Å². The Bertz CT molecular complexity index is 1690. The number of amides is 2. The molecule has 0 spiro atoms. The van der Waals surface area contributed by atoms with Crippen LogP contribution in [-0.4, -0.2) is 118 Å². The molecule has 0 bridgehead atoms. The highest BCUT2D eigenvalue weighted by atomic mass is 35.5. The number of morpholine rings is 1. The molecule has 6 rings (SSSR count). The van der Waals surface area contributed by atoms with Crippen LogP contribution in [0.25, 0.3) is 5.65 Å². The first-order valence-corrected chi connectivity index (χ1v) is 17.1. The van der Waals surface area contributed by atoms with Crippen LogP contribution in [0.3, 0.4) is 0 Å². The van der Waals surface area contributed by atoms with Gasteiger partial charge in [-0.15, -0.1) is 0 Å². The Kier molecular flexibility index (Phi) is 9.49. The molecule has 5 heterocycles. The first-order chi connectivity index (χ1) is 22.6. The lowest BCUT2D eigenvalue weighted by Crippen LogP contribution is -2.64. The fourth-order valence-electron chi connectivity index (χ4n) is 7.26. The SMILES string of the molecule is C[C@@H]1COCCN1C[C@H]1CN(C(=O)OC(C)(C)C)[C@H](C)CN1CC(=O)N1CC(C)(C)c2c1cc(Cc1ccc(F)cc1Cl)c1ncnn21. The van der Waals surface area contributed by atoms with Crippen LogP contribution in [0.15, 0.2) is 30.6 Å². The van der Waals surface area contributed by atoms with Crippen molar-refractivity contribution < 1.29 is 23.5 Å². The van der Waals surface area contributed by atoms with Gasteiger partial charge in [-0.05, 0) is 58.4 Å². The average molecular weight is 684 g/mol. The Balaban J connectivity index is 1.29. The van der Waals surface area contributed by atoms with E-state index < -0.39 is 16.8 Å². The third kappa shape index (κ3) is 7.03. The summed E-state index contributed by atoms with van der Waals surface area (Å²) < 4.78 is 27.1. The van der Waals surface area contributed by atoms with Crippen molar-refractivity contribution in [3.63, 3.8) is 0 Å². The van der Waals surface area contributed by atoms with Crippen LogP contribution in [0.5, 0.6) is 0 Å². The third-order valence-corrected chi connectivity index (χ3v) is 10.0. The minimum Gasteiger partial charge on any atom is -0.444 e. The van der Waals surface area contributed by atoms with Crippen molar-refractivity contribution in [2.45, 2.75) is 84.0 Å². The van der Waals surface area contributed by atoms with E-state index in [1.165, 1.54) is 18.5 Å². The van der Waals surface area contributed by atoms with Crippen LogP contribution < -0.4 is 4.90 Å². The molecule has 2 aromatic heterocycles. The lowest BCUT2D eigenvalue weighted by molar-refractivity contribution is -0.121. The number of benzene rings is 1. The van der Waals surface area contributed by atoms with Gasteiger partial charge in [0.05, 0.1) is 31.1 Å². The summed E-state index contributed by atoms with van der Waals surface area (Å²) in [5.41, 5.74) is 2.99. The number of nitrogens with zero attached hydrogens (tertiary/aromatic N) is 7. The van der Waals surface area contributed by atoms with Gasteiger partial charge in [0, 0.05) is 73.3 Å². The molecule has 260 valence electrons. The predicted octanol–water partition coefficient (Wildman–Crippen LogP) is 4.77. The molecule has 3 aliphatic rings. The Morgan fingerprint density at radius 3 is 2.58 bits per heavy atom. The molecule has 13 heteroatoms. The zero-order chi connectivity index (χ0) is 34.5. The molecule has 11 nitrogen and oxygen atoms in total. The maximum Gasteiger partial charge on any atom is 0.410 e. The summed E-state index contributed by atoms with van der Waals surface area (Å²) in [5.74, 6) is -0.420. The average Bonchev–Trinajstić information content (AvgIpc) is 3.58. The van der Waals surface area contributed by atoms with Crippen LogP contribution in [-0.2, 0) is 26.1 Å². The monoisotopic (exact) mass is 683 g/mol. The van der Waals surface area contributed by atoms with E-state index >= 15 is 0 Å². The number of carbonyl (C=O) groups is 2. The third-order valence-electron chi connectivity index (χ3n) is 9.65. The second-order valence-electron chi connectivity index (χ2n) is 15.2. The van der Waals surface area contributed by atoms with E-state index in [4.69, 9.17) is 21.1 Å². The van der Waals surface area contributed by atoms with E-state index in [0.29, 0.717) is 56.5 Å². The van der Waals surface area contributed by atoms with Gasteiger partial charge in [-0.25, -0.2) is 18.7 Å². The lowest BCUT2D eigenvalue weighted by atomic mass is 9.90. The lowest BCUT2D eigenvalue weighted by Gasteiger charge is -2.47. The Labute approximate surface area is 286 Å². The van der Waals surface area contributed by atoms with Crippen LogP contribution in [0.2, 0.25) is 5.02 Å². The molecule has 0 N–H and O–H groups in total. The number of fused-ring (bicyclic) bond motifs is 3. The van der Waals surface area contributed by atoms with Gasteiger partial charge in [0.25, 0.3) is 0 Å². The fourth-order valence-corrected chi connectivity index (χ4v) is 7.50. The van der Waals surface area contributed by atoms with Gasteiger partial charge in [0.2, 0.25) is 5.91 Å². The van der Waals surface area contributed by atoms with E-state index in [1.807, 2.05) is 48.1 Å². The van der Waals surface area contributed by atoms with E-state index in [1.54, 1.807) is 6.07 Å². The van der Waals surface area contributed by atoms with Crippen LogP contribution in [0, 0.1) is 5.82 Å². The maximum absolute atomic E-state index is 14.4. The highest BCUT2D eigenvalue weighted by Gasteiger charge is 2.44. The van der Waals surface area contributed by atoms with Crippen LogP contribution in [0.1, 0.15) is 65.3 Å². The molecule has 2 saturated heterocycles. The number of aromatic nitrogens is 3. The van der Waals surface area contributed by atoms with Crippen LogP contribution in [0.4, 0.5) is 14.9 Å². The summed E-state index contributed by atoms with van der Waals surface area (Å²) >= 11 is 6.42. The number of ether oxygens (including phenoxy) is 2. The summed E-state index contributed by atoms with van der Waals surface area (Å²) in [6, 6.07) is 6.40. The molecule has 3 atom stereocenters. The normalized spacial score (nSPS) is 23.5. The molecule has 0 unspecified atom stereocenters. The standard InChI is InChI=1S/C35H47ClFN7O4/c1-22-15-41(27(16-40-10-11-47-19-23(40)2)17-42(22)33(46)48-34(3,4)5)18-30(45)43-20-35(6,7)31-29(43)13-25(32-38-21-39-44(31)32)12-24-8-9-26(37)14-28(24)36/h8-9,13-14,21-23,27H,10-12,15-20H2,1-7H3/t22-,23-,27+/m1/s1. The molecule has 0 saturated carbocycles. The smallest absolute Gasteiger partial charge is 0.410 e. The largest absolute Gasteiger partial charge is 0.444 e. The second-order valence-corrected chi connectivity index (χ2v) is 15.6. The topological polar surface area (TPSA) is 95.8 Å². The van der Waals surface area contributed by atoms with Gasteiger partial charge in [0.15, 0.2) is 5.65 Å². The highest BCUT2D eigenvalue weighted by Crippen LogP contribution is 2.42. The van der Waals surface area contributed by atoms with Crippen LogP contribution >= 0.6 is 11.6 Å². The summed E-state index contributed by atoms with van der Waals surface area (Å²) in [5, 5.41) is 4.91. The number of carbonyl (C=O) groups excluding carboxylic acids is 2. The number of piperazine rings is 1. The number of hydrogen-bond acceptors (Lipinski definition) is 8. The first kappa shape index (κ1) is 34.5. The molecule has 3 aliphatic heterocycles. The number of rotatable bonds is 6. The number of anilines is 1. The molecule has 0 radical (unpaired) electrons. The highest BCUT2D eigenvalue weighted by molar-refractivity contribution is 6.31. The summed E-state index contributed by atoms with van der Waals surface area (Å²) in [4.78, 5) is 40.6. The second kappa shape index (κ2) is 13.2. The quantitative estimate of drug-likeness (QED) is 0.367. The van der Waals surface area contributed by atoms with Crippen molar-refractivity contribution in [1.29, 1.82) is 0 Å². The fraction of sp³-hybridized carbons (Fsp3) is 0.600. The Morgan fingerprint density at radius 2 is 1.88 bits per heavy atom. The molecule has 48 heavy (non-hydrogen) atoms. The van der Waals surface area contributed by atoms with E-state index in [9.17, 15) is 14.0 Å². The number of hydrogen-bond donors (Lipinski definition) is 0. The van der Waals surface area contributed by atoms with Gasteiger partial charge in [-0.3, -0.25) is 14.6 Å². The van der Waals surface area contributed by atoms with Crippen molar-refractivity contribution in [3.8, 4) is 0 Å². The number of halogens is 2. The summed E-state index contributed by atoms with van der Waals surface area (Å²) in [6.45, 7) is 18.5. The Hall–Kier alpha value is -3.32. The summed E-state index contributed by atoms with van der Waals surface area (Å²) in [7, 11) is 0. The minimum absolute atomic E-state index is 0.0231. The van der Waals surface area contributed by atoms with Crippen molar-refractivity contribution in [2.75, 3.05) is 57.4 Å². The van der Waals surface area contributed by atoms with E-state index in [-0.39, 0.29) is 36.7 Å². The van der Waals surface area contributed by atoms with E-state index in [0.717, 1.165) is 29.1 Å². The van der Waals surface area contributed by atoms with Gasteiger partial charge >= 0.3 is 6.09 Å². The molecule has 2 amide bonds. The molecule has 2 fully saturated rings. The molecular formula is C35H47ClFN7O4. The van der Waals surface area contributed by atoms with Crippen molar-refractivity contribution in [1.82, 2.24) is 29.3 Å². The molecule has 1 aromatic carbocycles. The molecule has 0 aliphatic carbocycles. The maximum atomic E-state index is 14.4. The zero-order valence-corrected chi connectivity index (χ0v) is 29.8. The molecular weight excluding hydrogens is 637 g/mol. The number of pyridine rings is 1. The summed E-state index contributed by atoms with van der Waals surface area (Å²) in [6.07, 6.45) is 1.59. The van der Waals surface area contributed by atoms with Gasteiger partial charge in [-0.2, -0.15) is 5.10 Å². The van der Waals surface area contributed by atoms with Crippen molar-refractivity contribution in [2.24, 2.45) is 0 Å². The van der Waals surface area contributed by atoms with Crippen molar-refractivity contribution in [3.05, 3.63) is 58.3 Å². The minimum atomic E-state index is -0.607. The Morgan fingerprint density at radius 1 is 1.10 bits per heavy atom. The van der Waals surface area contributed by atoms with E-state index in [2.05, 4.69) is 40.7 Å². The van der Waals surface area contributed by atoms with Gasteiger partial charge < -0.3 is 19.3 Å². The van der Waals surface area contributed by atoms with Crippen molar-refractivity contribution >= 4 is 34.9 Å². The van der Waals surface area contributed by atoms with Gasteiger partial charge in [0.1, 0.15) is 17.7 Å². The predicted molar refractivity (Wildman–Crippen MR) is 182 cm³/mol. The zero-order valence-electron chi connectivity index (χ0n) is 29.0.